The smallest absolute Gasteiger partial charge is 0.0600 e. The summed E-state index contributed by atoms with van der Waals surface area (Å²) in [4.78, 5) is 0. The molecule has 16 heavy (non-hydrogen) atoms. The Labute approximate surface area is 102 Å². The van der Waals surface area contributed by atoms with Crippen LogP contribution < -0.4 is 0 Å². The molecule has 1 aliphatic carbocycles. The molecule has 1 unspecified atom stereocenters. The molecule has 0 radical (unpaired) electrons. The van der Waals surface area contributed by atoms with E-state index >= 15 is 0 Å². The fourth-order valence-corrected chi connectivity index (χ4v) is 2.86. The monoisotopic (exact) mass is 226 g/mol. The van der Waals surface area contributed by atoms with Crippen LogP contribution in [0.25, 0.3) is 0 Å². The van der Waals surface area contributed by atoms with E-state index in [1.165, 1.54) is 64.2 Å². The lowest BCUT2D eigenvalue weighted by Gasteiger charge is -2.29. The van der Waals surface area contributed by atoms with E-state index in [0.29, 0.717) is 6.10 Å². The van der Waals surface area contributed by atoms with Crippen LogP contribution in [0.4, 0.5) is 0 Å². The van der Waals surface area contributed by atoms with Crippen LogP contribution in [0, 0.1) is 5.92 Å². The molecule has 1 atom stereocenters. The van der Waals surface area contributed by atoms with E-state index < -0.39 is 0 Å². The minimum absolute atomic E-state index is 0.557. The second-order valence-electron chi connectivity index (χ2n) is 5.28. The zero-order valence-corrected chi connectivity index (χ0v) is 11.3. The number of unbranched alkanes of at least 4 members (excludes halogenated alkanes) is 3. The Hall–Kier alpha value is -0.0400. The summed E-state index contributed by atoms with van der Waals surface area (Å²) >= 11 is 0. The first-order valence-corrected chi connectivity index (χ1v) is 7.50. The van der Waals surface area contributed by atoms with Crippen molar-refractivity contribution in [3.05, 3.63) is 0 Å². The van der Waals surface area contributed by atoms with E-state index in [4.69, 9.17) is 4.74 Å². The van der Waals surface area contributed by atoms with Crippen molar-refractivity contribution in [2.45, 2.75) is 84.2 Å². The van der Waals surface area contributed by atoms with Gasteiger partial charge in [-0.25, -0.2) is 0 Å². The van der Waals surface area contributed by atoms with Gasteiger partial charge in [0.15, 0.2) is 0 Å². The zero-order valence-electron chi connectivity index (χ0n) is 11.3. The summed E-state index contributed by atoms with van der Waals surface area (Å²) in [6, 6.07) is 0. The second-order valence-corrected chi connectivity index (χ2v) is 5.28. The Morgan fingerprint density at radius 1 is 1.00 bits per heavy atom. The van der Waals surface area contributed by atoms with Crippen molar-refractivity contribution in [1.29, 1.82) is 0 Å². The molecule has 0 N–H and O–H groups in total. The molecular weight excluding hydrogens is 196 g/mol. The maximum absolute atomic E-state index is 6.08. The van der Waals surface area contributed by atoms with Crippen molar-refractivity contribution in [3.63, 3.8) is 0 Å². The van der Waals surface area contributed by atoms with Gasteiger partial charge in [-0.15, -0.1) is 0 Å². The van der Waals surface area contributed by atoms with Gasteiger partial charge in [0.05, 0.1) is 6.10 Å². The highest BCUT2D eigenvalue weighted by molar-refractivity contribution is 4.73. The van der Waals surface area contributed by atoms with E-state index in [2.05, 4.69) is 13.8 Å². The average molecular weight is 226 g/mol. The van der Waals surface area contributed by atoms with Crippen molar-refractivity contribution >= 4 is 0 Å². The summed E-state index contributed by atoms with van der Waals surface area (Å²) in [5.41, 5.74) is 0. The molecule has 1 fully saturated rings. The van der Waals surface area contributed by atoms with Gasteiger partial charge in [0.2, 0.25) is 0 Å². The molecule has 0 aromatic heterocycles. The predicted octanol–water partition coefficient (Wildman–Crippen LogP) is 4.94. The molecule has 1 aliphatic rings. The van der Waals surface area contributed by atoms with E-state index in [0.717, 1.165) is 12.5 Å². The predicted molar refractivity (Wildman–Crippen MR) is 70.7 cm³/mol. The van der Waals surface area contributed by atoms with Crippen LogP contribution in [0.15, 0.2) is 0 Å². The number of rotatable bonds is 8. The van der Waals surface area contributed by atoms with Gasteiger partial charge in [0.1, 0.15) is 0 Å². The number of hydrogen-bond acceptors (Lipinski definition) is 1. The Morgan fingerprint density at radius 2 is 1.75 bits per heavy atom. The van der Waals surface area contributed by atoms with Crippen LogP contribution in [0.3, 0.4) is 0 Å². The zero-order chi connectivity index (χ0) is 11.6. The van der Waals surface area contributed by atoms with Crippen molar-refractivity contribution in [2.24, 2.45) is 5.92 Å². The Morgan fingerprint density at radius 3 is 2.38 bits per heavy atom. The van der Waals surface area contributed by atoms with Crippen LogP contribution in [-0.4, -0.2) is 12.7 Å². The van der Waals surface area contributed by atoms with Gasteiger partial charge in [-0.1, -0.05) is 52.4 Å². The minimum Gasteiger partial charge on any atom is -0.378 e. The van der Waals surface area contributed by atoms with Crippen molar-refractivity contribution in [1.82, 2.24) is 0 Å². The molecule has 0 amide bonds. The first-order chi connectivity index (χ1) is 7.88. The number of ether oxygens (including phenoxy) is 1. The molecule has 0 aromatic rings. The Balaban J connectivity index is 2.10. The lowest BCUT2D eigenvalue weighted by molar-refractivity contribution is -0.00347. The van der Waals surface area contributed by atoms with Gasteiger partial charge in [-0.3, -0.25) is 0 Å². The largest absolute Gasteiger partial charge is 0.378 e. The van der Waals surface area contributed by atoms with Crippen LogP contribution >= 0.6 is 0 Å². The van der Waals surface area contributed by atoms with Gasteiger partial charge in [-0.2, -0.15) is 0 Å². The summed E-state index contributed by atoms with van der Waals surface area (Å²) in [5, 5.41) is 0. The third kappa shape index (κ3) is 5.34. The fraction of sp³-hybridized carbons (Fsp3) is 1.00. The standard InChI is InChI=1S/C15H30O/c1-3-5-6-10-13-16-15(4-2)14-11-8-7-9-12-14/h14-15H,3-13H2,1-2H3. The normalized spacial score (nSPS) is 19.9. The molecule has 1 rings (SSSR count). The van der Waals surface area contributed by atoms with Gasteiger partial charge in [-0.05, 0) is 31.6 Å². The second kappa shape index (κ2) is 9.04. The van der Waals surface area contributed by atoms with Crippen molar-refractivity contribution in [3.8, 4) is 0 Å². The molecule has 1 nitrogen and oxygen atoms in total. The molecule has 0 aliphatic heterocycles. The maximum atomic E-state index is 6.08. The third-order valence-corrected chi connectivity index (χ3v) is 3.91. The summed E-state index contributed by atoms with van der Waals surface area (Å²) in [7, 11) is 0. The van der Waals surface area contributed by atoms with E-state index in [1.807, 2.05) is 0 Å². The Kier molecular flexibility index (Phi) is 7.92. The summed E-state index contributed by atoms with van der Waals surface area (Å²) < 4.78 is 6.08. The van der Waals surface area contributed by atoms with Crippen LogP contribution in [0.1, 0.15) is 78.1 Å². The Bertz CT molecular complexity index is 150. The van der Waals surface area contributed by atoms with Gasteiger partial charge in [0, 0.05) is 6.61 Å². The topological polar surface area (TPSA) is 9.23 Å². The first kappa shape index (κ1) is 14.0. The van der Waals surface area contributed by atoms with Gasteiger partial charge < -0.3 is 4.74 Å². The van der Waals surface area contributed by atoms with Crippen molar-refractivity contribution < 1.29 is 4.74 Å². The third-order valence-electron chi connectivity index (χ3n) is 3.91. The van der Waals surface area contributed by atoms with Gasteiger partial charge in [0.25, 0.3) is 0 Å². The van der Waals surface area contributed by atoms with Crippen LogP contribution in [0.5, 0.6) is 0 Å². The summed E-state index contributed by atoms with van der Waals surface area (Å²) in [5.74, 6) is 0.866. The lowest BCUT2D eigenvalue weighted by atomic mass is 9.84. The molecule has 0 aromatic carbocycles. The van der Waals surface area contributed by atoms with Crippen LogP contribution in [-0.2, 0) is 4.74 Å². The lowest BCUT2D eigenvalue weighted by Crippen LogP contribution is -2.25. The molecule has 0 spiro atoms. The number of hydrogen-bond donors (Lipinski definition) is 0. The summed E-state index contributed by atoms with van der Waals surface area (Å²) in [6.07, 6.45) is 14.2. The summed E-state index contributed by atoms with van der Waals surface area (Å²) in [6.45, 7) is 5.54. The highest BCUT2D eigenvalue weighted by Crippen LogP contribution is 2.29. The van der Waals surface area contributed by atoms with E-state index in [9.17, 15) is 0 Å². The van der Waals surface area contributed by atoms with E-state index in [1.54, 1.807) is 0 Å². The quantitative estimate of drug-likeness (QED) is 0.532. The molecule has 0 saturated heterocycles. The SMILES string of the molecule is CCCCCCOC(CC)C1CCCCC1. The molecule has 0 heterocycles. The van der Waals surface area contributed by atoms with Crippen LogP contribution in [0.2, 0.25) is 0 Å². The maximum Gasteiger partial charge on any atom is 0.0600 e. The highest BCUT2D eigenvalue weighted by atomic mass is 16.5. The minimum atomic E-state index is 0.557. The first-order valence-electron chi connectivity index (χ1n) is 7.50. The molecule has 1 heteroatoms. The molecular formula is C15H30O. The molecule has 0 bridgehead atoms. The van der Waals surface area contributed by atoms with Crippen molar-refractivity contribution in [2.75, 3.05) is 6.61 Å². The van der Waals surface area contributed by atoms with Gasteiger partial charge >= 0.3 is 0 Å². The molecule has 1 saturated carbocycles. The van der Waals surface area contributed by atoms with E-state index in [-0.39, 0.29) is 0 Å². The molecule has 96 valence electrons. The fourth-order valence-electron chi connectivity index (χ4n) is 2.86. The highest BCUT2D eigenvalue weighted by Gasteiger charge is 2.22. The average Bonchev–Trinajstić information content (AvgIpc) is 2.35.